The lowest BCUT2D eigenvalue weighted by molar-refractivity contribution is 0.216. The van der Waals surface area contributed by atoms with Crippen LogP contribution in [-0.4, -0.2) is 10.1 Å². The summed E-state index contributed by atoms with van der Waals surface area (Å²) in [6.45, 7) is 5.69. The summed E-state index contributed by atoms with van der Waals surface area (Å²) < 4.78 is 5.42. The Balaban J connectivity index is 2.43. The van der Waals surface area contributed by atoms with Crippen LogP contribution in [0.2, 0.25) is 0 Å². The fourth-order valence-electron chi connectivity index (χ4n) is 1.85. The van der Waals surface area contributed by atoms with Gasteiger partial charge in [-0.3, -0.25) is 4.98 Å². The maximum absolute atomic E-state index is 10.3. The Morgan fingerprint density at radius 1 is 1.25 bits per heavy atom. The van der Waals surface area contributed by atoms with Crippen molar-refractivity contribution in [3.05, 3.63) is 52.7 Å². The van der Waals surface area contributed by atoms with E-state index in [1.165, 1.54) is 0 Å². The number of hydrogen-bond acceptors (Lipinski definition) is 3. The number of pyridine rings is 1. The van der Waals surface area contributed by atoms with Crippen LogP contribution in [0.4, 0.5) is 0 Å². The molecule has 1 unspecified atom stereocenters. The molecule has 0 aliphatic heterocycles. The van der Waals surface area contributed by atoms with E-state index in [-0.39, 0.29) is 0 Å². The van der Waals surface area contributed by atoms with E-state index in [4.69, 9.17) is 4.42 Å². The standard InChI is InChI=1S/C13H15NO2/c1-8-4-5-14-7-12(8)13(15)11-6-9(2)16-10(11)3/h4-7,13,15H,1-3H3. The van der Waals surface area contributed by atoms with Crippen LogP contribution in [-0.2, 0) is 0 Å². The molecule has 0 bridgehead atoms. The molecule has 0 amide bonds. The number of rotatable bonds is 2. The molecule has 3 nitrogen and oxygen atoms in total. The van der Waals surface area contributed by atoms with E-state index in [2.05, 4.69) is 4.98 Å². The molecule has 0 radical (unpaired) electrons. The normalized spacial score (nSPS) is 12.8. The van der Waals surface area contributed by atoms with Crippen molar-refractivity contribution >= 4 is 0 Å². The van der Waals surface area contributed by atoms with E-state index in [0.29, 0.717) is 0 Å². The van der Waals surface area contributed by atoms with Crippen LogP contribution < -0.4 is 0 Å². The molecule has 3 heteroatoms. The van der Waals surface area contributed by atoms with Gasteiger partial charge in [0.25, 0.3) is 0 Å². The monoisotopic (exact) mass is 217 g/mol. The van der Waals surface area contributed by atoms with Gasteiger partial charge >= 0.3 is 0 Å². The zero-order chi connectivity index (χ0) is 11.7. The summed E-state index contributed by atoms with van der Waals surface area (Å²) in [4.78, 5) is 4.04. The van der Waals surface area contributed by atoms with Crippen molar-refractivity contribution in [1.29, 1.82) is 0 Å². The molecule has 0 aliphatic carbocycles. The highest BCUT2D eigenvalue weighted by molar-refractivity contribution is 5.35. The van der Waals surface area contributed by atoms with E-state index in [1.807, 2.05) is 32.9 Å². The molecule has 2 heterocycles. The molecule has 16 heavy (non-hydrogen) atoms. The van der Waals surface area contributed by atoms with Gasteiger partial charge in [0.15, 0.2) is 0 Å². The van der Waals surface area contributed by atoms with Crippen LogP contribution in [0, 0.1) is 20.8 Å². The Morgan fingerprint density at radius 3 is 2.56 bits per heavy atom. The number of aliphatic hydroxyl groups excluding tert-OH is 1. The molecule has 0 aromatic carbocycles. The van der Waals surface area contributed by atoms with Crippen LogP contribution in [0.5, 0.6) is 0 Å². The van der Waals surface area contributed by atoms with Crippen LogP contribution in [0.3, 0.4) is 0 Å². The van der Waals surface area contributed by atoms with Crippen LogP contribution in [0.25, 0.3) is 0 Å². The summed E-state index contributed by atoms with van der Waals surface area (Å²) in [5, 5.41) is 10.3. The molecule has 0 saturated carbocycles. The van der Waals surface area contributed by atoms with Crippen LogP contribution >= 0.6 is 0 Å². The minimum atomic E-state index is -0.661. The first-order valence-corrected chi connectivity index (χ1v) is 5.25. The van der Waals surface area contributed by atoms with E-state index in [9.17, 15) is 5.11 Å². The van der Waals surface area contributed by atoms with Crippen molar-refractivity contribution in [2.75, 3.05) is 0 Å². The summed E-state index contributed by atoms with van der Waals surface area (Å²) >= 11 is 0. The van der Waals surface area contributed by atoms with Crippen molar-refractivity contribution in [3.8, 4) is 0 Å². The van der Waals surface area contributed by atoms with Crippen molar-refractivity contribution in [2.45, 2.75) is 26.9 Å². The van der Waals surface area contributed by atoms with E-state index in [1.54, 1.807) is 12.4 Å². The maximum Gasteiger partial charge on any atom is 0.109 e. The number of furan rings is 1. The fourth-order valence-corrected chi connectivity index (χ4v) is 1.85. The Hall–Kier alpha value is -1.61. The van der Waals surface area contributed by atoms with Gasteiger partial charge < -0.3 is 9.52 Å². The van der Waals surface area contributed by atoms with Crippen molar-refractivity contribution in [1.82, 2.24) is 4.98 Å². The first kappa shape index (κ1) is 10.9. The second-order valence-corrected chi connectivity index (χ2v) is 4.00. The lowest BCUT2D eigenvalue weighted by Crippen LogP contribution is -2.02. The number of hydrogen-bond donors (Lipinski definition) is 1. The molecule has 2 aromatic rings. The van der Waals surface area contributed by atoms with Gasteiger partial charge in [0.1, 0.15) is 17.6 Å². The molecule has 0 aliphatic rings. The van der Waals surface area contributed by atoms with Crippen LogP contribution in [0.1, 0.15) is 34.3 Å². The first-order valence-electron chi connectivity index (χ1n) is 5.25. The lowest BCUT2D eigenvalue weighted by atomic mass is 10.00. The summed E-state index contributed by atoms with van der Waals surface area (Å²) in [5.41, 5.74) is 2.67. The molecular formula is C13H15NO2. The summed E-state index contributed by atoms with van der Waals surface area (Å²) in [7, 11) is 0. The highest BCUT2D eigenvalue weighted by Crippen LogP contribution is 2.28. The average Bonchev–Trinajstić information content (AvgIpc) is 2.58. The van der Waals surface area contributed by atoms with Gasteiger partial charge in [0.2, 0.25) is 0 Å². The van der Waals surface area contributed by atoms with E-state index < -0.39 is 6.10 Å². The predicted molar refractivity (Wildman–Crippen MR) is 61.2 cm³/mol. The highest BCUT2D eigenvalue weighted by Gasteiger charge is 2.18. The van der Waals surface area contributed by atoms with Crippen molar-refractivity contribution in [3.63, 3.8) is 0 Å². The van der Waals surface area contributed by atoms with E-state index in [0.717, 1.165) is 28.2 Å². The number of nitrogens with zero attached hydrogens (tertiary/aromatic N) is 1. The van der Waals surface area contributed by atoms with Gasteiger partial charge in [-0.15, -0.1) is 0 Å². The lowest BCUT2D eigenvalue weighted by Gasteiger charge is -2.11. The molecular weight excluding hydrogens is 202 g/mol. The molecule has 1 atom stereocenters. The quantitative estimate of drug-likeness (QED) is 0.841. The van der Waals surface area contributed by atoms with Crippen LogP contribution in [0.15, 0.2) is 28.9 Å². The highest BCUT2D eigenvalue weighted by atomic mass is 16.3. The summed E-state index contributed by atoms with van der Waals surface area (Å²) in [6.07, 6.45) is 2.76. The van der Waals surface area contributed by atoms with Gasteiger partial charge in [0, 0.05) is 23.5 Å². The Morgan fingerprint density at radius 2 is 2.00 bits per heavy atom. The second kappa shape index (κ2) is 4.10. The SMILES string of the molecule is Cc1cc(C(O)c2cnccc2C)c(C)o1. The minimum Gasteiger partial charge on any atom is -0.466 e. The first-order chi connectivity index (χ1) is 7.59. The maximum atomic E-state index is 10.3. The third kappa shape index (κ3) is 1.86. The van der Waals surface area contributed by atoms with Gasteiger partial charge in [-0.25, -0.2) is 0 Å². The number of aryl methyl sites for hydroxylation is 3. The summed E-state index contributed by atoms with van der Waals surface area (Å²) in [6, 6.07) is 3.76. The number of aromatic nitrogens is 1. The molecule has 0 spiro atoms. The largest absolute Gasteiger partial charge is 0.466 e. The molecule has 0 fully saturated rings. The fraction of sp³-hybridized carbons (Fsp3) is 0.308. The topological polar surface area (TPSA) is 46.3 Å². The Labute approximate surface area is 94.8 Å². The van der Waals surface area contributed by atoms with Gasteiger partial charge in [-0.2, -0.15) is 0 Å². The molecule has 2 rings (SSSR count). The van der Waals surface area contributed by atoms with Gasteiger partial charge in [0.05, 0.1) is 0 Å². The minimum absolute atomic E-state index is 0.661. The second-order valence-electron chi connectivity index (χ2n) is 4.00. The zero-order valence-corrected chi connectivity index (χ0v) is 9.69. The summed E-state index contributed by atoms with van der Waals surface area (Å²) in [5.74, 6) is 1.57. The van der Waals surface area contributed by atoms with Crippen molar-refractivity contribution < 1.29 is 9.52 Å². The predicted octanol–water partition coefficient (Wildman–Crippen LogP) is 2.68. The van der Waals surface area contributed by atoms with Gasteiger partial charge in [-0.05, 0) is 38.5 Å². The smallest absolute Gasteiger partial charge is 0.109 e. The zero-order valence-electron chi connectivity index (χ0n) is 9.69. The molecule has 2 aromatic heterocycles. The third-order valence-electron chi connectivity index (χ3n) is 2.75. The molecule has 0 saturated heterocycles. The average molecular weight is 217 g/mol. The van der Waals surface area contributed by atoms with E-state index >= 15 is 0 Å². The molecule has 1 N–H and O–H groups in total. The Bertz CT molecular complexity index is 502. The Kier molecular flexibility index (Phi) is 2.79. The van der Waals surface area contributed by atoms with Gasteiger partial charge in [-0.1, -0.05) is 0 Å². The molecule has 84 valence electrons. The number of aliphatic hydroxyl groups is 1. The third-order valence-corrected chi connectivity index (χ3v) is 2.75. The van der Waals surface area contributed by atoms with Crippen molar-refractivity contribution in [2.24, 2.45) is 0 Å².